The molecule has 1 aliphatic carbocycles. The second-order valence-corrected chi connectivity index (χ2v) is 8.29. The molecule has 6 heteroatoms. The van der Waals surface area contributed by atoms with Crippen molar-refractivity contribution in [1.82, 2.24) is 15.1 Å². The highest BCUT2D eigenvalue weighted by atomic mass is 16.5. The minimum atomic E-state index is 0.574. The summed E-state index contributed by atoms with van der Waals surface area (Å²) in [5.41, 5.74) is 1.74. The Hall–Kier alpha value is -1.95. The molecule has 3 rings (SSSR count). The fourth-order valence-electron chi connectivity index (χ4n) is 4.48. The third-order valence-corrected chi connectivity index (χ3v) is 6.60. The lowest BCUT2D eigenvalue weighted by atomic mass is 9.68. The van der Waals surface area contributed by atoms with E-state index in [0.717, 1.165) is 62.3 Å². The molecule has 1 aliphatic heterocycles. The SMILES string of the molecule is CCN(CC)CCOc1ccc(CNC(=NC)N2CCC3(CCC3)C2)cc1OC. The largest absolute Gasteiger partial charge is 0.493 e. The second-order valence-electron chi connectivity index (χ2n) is 8.29. The molecule has 1 spiro atoms. The number of aliphatic imine (C=N–C) groups is 1. The number of benzene rings is 1. The predicted octanol–water partition coefficient (Wildman–Crippen LogP) is 3.37. The normalized spacial score (nSPS) is 18.2. The molecule has 2 fully saturated rings. The molecule has 29 heavy (non-hydrogen) atoms. The van der Waals surface area contributed by atoms with Gasteiger partial charge in [0.15, 0.2) is 17.5 Å². The van der Waals surface area contributed by atoms with Crippen LogP contribution in [0.5, 0.6) is 11.5 Å². The van der Waals surface area contributed by atoms with Gasteiger partial charge in [-0.1, -0.05) is 26.3 Å². The summed E-state index contributed by atoms with van der Waals surface area (Å²) >= 11 is 0. The molecule has 2 aliphatic rings. The Morgan fingerprint density at radius 2 is 2.00 bits per heavy atom. The maximum atomic E-state index is 5.97. The van der Waals surface area contributed by atoms with Crippen molar-refractivity contribution >= 4 is 5.96 Å². The van der Waals surface area contributed by atoms with E-state index in [0.29, 0.717) is 12.0 Å². The van der Waals surface area contributed by atoms with Gasteiger partial charge in [0, 0.05) is 33.2 Å². The van der Waals surface area contributed by atoms with Crippen molar-refractivity contribution in [3.63, 3.8) is 0 Å². The Bertz CT molecular complexity index is 683. The number of rotatable bonds is 9. The third-order valence-electron chi connectivity index (χ3n) is 6.60. The standard InChI is InChI=1S/C23H38N4O2/c1-5-26(6-2)14-15-29-20-9-8-19(16-21(20)28-4)17-25-22(24-3)27-13-12-23(18-27)10-7-11-23/h8-9,16H,5-7,10-15,17-18H2,1-4H3,(H,24,25). The van der Waals surface area contributed by atoms with Crippen LogP contribution in [0.4, 0.5) is 0 Å². The summed E-state index contributed by atoms with van der Waals surface area (Å²) in [6.45, 7) is 11.0. The summed E-state index contributed by atoms with van der Waals surface area (Å²) in [6, 6.07) is 6.18. The number of likely N-dealkylation sites (N-methyl/N-ethyl adjacent to an activating group) is 1. The van der Waals surface area contributed by atoms with Gasteiger partial charge in [0.25, 0.3) is 0 Å². The van der Waals surface area contributed by atoms with Crippen LogP contribution in [0.1, 0.15) is 45.1 Å². The van der Waals surface area contributed by atoms with Crippen molar-refractivity contribution in [2.45, 2.75) is 46.1 Å². The van der Waals surface area contributed by atoms with E-state index in [1.54, 1.807) is 7.11 Å². The number of likely N-dealkylation sites (tertiary alicyclic amines) is 1. The van der Waals surface area contributed by atoms with E-state index in [4.69, 9.17) is 9.47 Å². The first-order valence-electron chi connectivity index (χ1n) is 11.1. The lowest BCUT2D eigenvalue weighted by Gasteiger charge is -2.38. The van der Waals surface area contributed by atoms with Gasteiger partial charge in [0.2, 0.25) is 0 Å². The molecule has 1 saturated heterocycles. The first kappa shape index (κ1) is 21.8. The van der Waals surface area contributed by atoms with E-state index < -0.39 is 0 Å². The monoisotopic (exact) mass is 402 g/mol. The molecule has 0 aromatic heterocycles. The van der Waals surface area contributed by atoms with Gasteiger partial charge in [-0.3, -0.25) is 4.99 Å². The number of ether oxygens (including phenoxy) is 2. The minimum absolute atomic E-state index is 0.574. The zero-order chi connectivity index (χ0) is 20.7. The van der Waals surface area contributed by atoms with Crippen molar-refractivity contribution in [3.8, 4) is 11.5 Å². The molecule has 162 valence electrons. The minimum Gasteiger partial charge on any atom is -0.493 e. The lowest BCUT2D eigenvalue weighted by molar-refractivity contribution is 0.151. The van der Waals surface area contributed by atoms with Crippen LogP contribution in [-0.4, -0.2) is 69.2 Å². The van der Waals surface area contributed by atoms with Crippen molar-refractivity contribution in [2.75, 3.05) is 53.5 Å². The molecule has 0 bridgehead atoms. The number of methoxy groups -OCH3 is 1. The summed E-state index contributed by atoms with van der Waals surface area (Å²) in [5.74, 6) is 2.60. The number of guanidine groups is 1. The molecule has 0 radical (unpaired) electrons. The summed E-state index contributed by atoms with van der Waals surface area (Å²) in [6.07, 6.45) is 5.46. The first-order valence-corrected chi connectivity index (χ1v) is 11.1. The summed E-state index contributed by atoms with van der Waals surface area (Å²) in [5, 5.41) is 3.53. The van der Waals surface area contributed by atoms with Gasteiger partial charge in [0.1, 0.15) is 6.61 Å². The van der Waals surface area contributed by atoms with Crippen LogP contribution in [0.3, 0.4) is 0 Å². The van der Waals surface area contributed by atoms with Crippen molar-refractivity contribution in [2.24, 2.45) is 10.4 Å². The van der Waals surface area contributed by atoms with Crippen LogP contribution >= 0.6 is 0 Å². The maximum absolute atomic E-state index is 5.97. The van der Waals surface area contributed by atoms with Gasteiger partial charge in [-0.05, 0) is 55.5 Å². The zero-order valence-electron chi connectivity index (χ0n) is 18.7. The average Bonchev–Trinajstić information content (AvgIpc) is 3.18. The smallest absolute Gasteiger partial charge is 0.193 e. The van der Waals surface area contributed by atoms with E-state index in [2.05, 4.69) is 46.1 Å². The van der Waals surface area contributed by atoms with E-state index in [-0.39, 0.29) is 0 Å². The molecular weight excluding hydrogens is 364 g/mol. The Labute approximate surface area is 176 Å². The van der Waals surface area contributed by atoms with Gasteiger partial charge < -0.3 is 24.6 Å². The van der Waals surface area contributed by atoms with Gasteiger partial charge in [-0.15, -0.1) is 0 Å². The average molecular weight is 403 g/mol. The van der Waals surface area contributed by atoms with Crippen LogP contribution in [-0.2, 0) is 6.54 Å². The van der Waals surface area contributed by atoms with Crippen molar-refractivity contribution in [1.29, 1.82) is 0 Å². The fourth-order valence-corrected chi connectivity index (χ4v) is 4.48. The molecule has 6 nitrogen and oxygen atoms in total. The molecule has 1 heterocycles. The third kappa shape index (κ3) is 5.35. The van der Waals surface area contributed by atoms with E-state index in [9.17, 15) is 0 Å². The van der Waals surface area contributed by atoms with Crippen LogP contribution in [0.15, 0.2) is 23.2 Å². The Morgan fingerprint density at radius 3 is 2.59 bits per heavy atom. The molecule has 0 unspecified atom stereocenters. The van der Waals surface area contributed by atoms with Crippen molar-refractivity contribution in [3.05, 3.63) is 23.8 Å². The summed E-state index contributed by atoms with van der Waals surface area (Å²) in [4.78, 5) is 9.28. The molecule has 1 N–H and O–H groups in total. The molecule has 1 aromatic rings. The number of hydrogen-bond acceptors (Lipinski definition) is 4. The van der Waals surface area contributed by atoms with Crippen LogP contribution < -0.4 is 14.8 Å². The van der Waals surface area contributed by atoms with Crippen molar-refractivity contribution < 1.29 is 9.47 Å². The molecular formula is C23H38N4O2. The fraction of sp³-hybridized carbons (Fsp3) is 0.696. The number of nitrogens with zero attached hydrogens (tertiary/aromatic N) is 3. The number of nitrogens with one attached hydrogen (secondary N) is 1. The zero-order valence-corrected chi connectivity index (χ0v) is 18.7. The Kier molecular flexibility index (Phi) is 7.64. The predicted molar refractivity (Wildman–Crippen MR) is 119 cm³/mol. The Morgan fingerprint density at radius 1 is 1.21 bits per heavy atom. The Balaban J connectivity index is 1.52. The maximum Gasteiger partial charge on any atom is 0.193 e. The highest BCUT2D eigenvalue weighted by molar-refractivity contribution is 5.80. The summed E-state index contributed by atoms with van der Waals surface area (Å²) < 4.78 is 11.5. The quantitative estimate of drug-likeness (QED) is 0.507. The molecule has 1 saturated carbocycles. The number of hydrogen-bond donors (Lipinski definition) is 1. The first-order chi connectivity index (χ1) is 14.1. The topological polar surface area (TPSA) is 49.3 Å². The van der Waals surface area contributed by atoms with Gasteiger partial charge in [-0.25, -0.2) is 0 Å². The van der Waals surface area contributed by atoms with Gasteiger partial charge in [-0.2, -0.15) is 0 Å². The highest BCUT2D eigenvalue weighted by Crippen LogP contribution is 2.47. The van der Waals surface area contributed by atoms with Crippen LogP contribution in [0.25, 0.3) is 0 Å². The van der Waals surface area contributed by atoms with E-state index in [1.807, 2.05) is 13.1 Å². The van der Waals surface area contributed by atoms with E-state index >= 15 is 0 Å². The highest BCUT2D eigenvalue weighted by Gasteiger charge is 2.43. The molecule has 1 aromatic carbocycles. The molecule has 0 amide bonds. The molecule has 0 atom stereocenters. The second kappa shape index (κ2) is 10.2. The lowest BCUT2D eigenvalue weighted by Crippen LogP contribution is -2.42. The van der Waals surface area contributed by atoms with Crippen LogP contribution in [0.2, 0.25) is 0 Å². The van der Waals surface area contributed by atoms with Gasteiger partial charge >= 0.3 is 0 Å². The van der Waals surface area contributed by atoms with Gasteiger partial charge in [0.05, 0.1) is 7.11 Å². The van der Waals surface area contributed by atoms with E-state index in [1.165, 1.54) is 25.7 Å². The summed E-state index contributed by atoms with van der Waals surface area (Å²) in [7, 11) is 3.58. The van der Waals surface area contributed by atoms with Crippen LogP contribution in [0, 0.1) is 5.41 Å².